The lowest BCUT2D eigenvalue weighted by Gasteiger charge is -2.32. The van der Waals surface area contributed by atoms with Gasteiger partial charge in [0.25, 0.3) is 5.56 Å². The van der Waals surface area contributed by atoms with Gasteiger partial charge in [-0.2, -0.15) is 0 Å². The number of nitrogen functional groups attached to an aromatic ring is 1. The van der Waals surface area contributed by atoms with Gasteiger partial charge in [-0.15, -0.1) is 0 Å². The number of hydrogen-bond donors (Lipinski definition) is 2. The molecule has 0 spiro atoms. The second-order valence-corrected chi connectivity index (χ2v) is 7.30. The van der Waals surface area contributed by atoms with Gasteiger partial charge >= 0.3 is 5.69 Å². The van der Waals surface area contributed by atoms with Crippen molar-refractivity contribution in [3.8, 4) is 0 Å². The highest BCUT2D eigenvalue weighted by atomic mass is 16.2. The molecule has 0 aliphatic heterocycles. The SMILES string of the molecule is CCCCn1c(N)c(N(CCC(C)C)C(=O)C2CCC2)c(=O)[nH]c1=O. The lowest BCUT2D eigenvalue weighted by atomic mass is 9.84. The average Bonchev–Trinajstić information content (AvgIpc) is 2.47. The molecule has 1 aromatic heterocycles. The minimum atomic E-state index is -0.577. The predicted molar refractivity (Wildman–Crippen MR) is 99.8 cm³/mol. The van der Waals surface area contributed by atoms with E-state index in [0.717, 1.165) is 38.5 Å². The van der Waals surface area contributed by atoms with E-state index in [-0.39, 0.29) is 23.3 Å². The summed E-state index contributed by atoms with van der Waals surface area (Å²) in [5.74, 6) is 0.397. The molecule has 1 aliphatic carbocycles. The van der Waals surface area contributed by atoms with Crippen molar-refractivity contribution < 1.29 is 4.79 Å². The summed E-state index contributed by atoms with van der Waals surface area (Å²) in [4.78, 5) is 41.3. The van der Waals surface area contributed by atoms with Crippen LogP contribution in [0.3, 0.4) is 0 Å². The van der Waals surface area contributed by atoms with Gasteiger partial charge in [0, 0.05) is 19.0 Å². The molecule has 1 saturated carbocycles. The van der Waals surface area contributed by atoms with Crippen LogP contribution in [0, 0.1) is 11.8 Å². The maximum absolute atomic E-state index is 12.9. The Balaban J connectivity index is 2.45. The number of anilines is 2. The summed E-state index contributed by atoms with van der Waals surface area (Å²) in [5.41, 5.74) is 5.22. The van der Waals surface area contributed by atoms with Gasteiger partial charge in [0.1, 0.15) is 5.82 Å². The molecule has 1 aromatic rings. The highest BCUT2D eigenvalue weighted by Crippen LogP contribution is 2.31. The van der Waals surface area contributed by atoms with Crippen LogP contribution in [-0.4, -0.2) is 22.0 Å². The van der Waals surface area contributed by atoms with Crippen molar-refractivity contribution in [3.63, 3.8) is 0 Å². The number of nitrogens with one attached hydrogen (secondary N) is 1. The maximum Gasteiger partial charge on any atom is 0.330 e. The molecule has 0 atom stereocenters. The zero-order chi connectivity index (χ0) is 18.6. The Morgan fingerprint density at radius 3 is 2.56 bits per heavy atom. The molecular weight excluding hydrogens is 320 g/mol. The van der Waals surface area contributed by atoms with Crippen LogP contribution in [0.2, 0.25) is 0 Å². The minimum Gasteiger partial charge on any atom is -0.383 e. The smallest absolute Gasteiger partial charge is 0.330 e. The van der Waals surface area contributed by atoms with Gasteiger partial charge in [-0.25, -0.2) is 4.79 Å². The number of aromatic nitrogens is 2. The number of nitrogens with zero attached hydrogens (tertiary/aromatic N) is 2. The molecule has 140 valence electrons. The molecular formula is C18H30N4O3. The number of amides is 1. The van der Waals surface area contributed by atoms with Gasteiger partial charge in [0.2, 0.25) is 5.91 Å². The first-order valence-electron chi connectivity index (χ1n) is 9.30. The summed E-state index contributed by atoms with van der Waals surface area (Å²) in [7, 11) is 0. The van der Waals surface area contributed by atoms with E-state index in [2.05, 4.69) is 18.8 Å². The number of carbonyl (C=O) groups is 1. The fraction of sp³-hybridized carbons (Fsp3) is 0.722. The lowest BCUT2D eigenvalue weighted by Crippen LogP contribution is -2.45. The quantitative estimate of drug-likeness (QED) is 0.749. The average molecular weight is 350 g/mol. The topological polar surface area (TPSA) is 101 Å². The summed E-state index contributed by atoms with van der Waals surface area (Å²) >= 11 is 0. The number of unbranched alkanes of at least 4 members (excludes halogenated alkanes) is 1. The Morgan fingerprint density at radius 1 is 1.36 bits per heavy atom. The summed E-state index contributed by atoms with van der Waals surface area (Å²) < 4.78 is 1.37. The van der Waals surface area contributed by atoms with Crippen molar-refractivity contribution in [1.29, 1.82) is 0 Å². The number of carbonyl (C=O) groups excluding carboxylic acids is 1. The second-order valence-electron chi connectivity index (χ2n) is 7.30. The maximum atomic E-state index is 12.9. The lowest BCUT2D eigenvalue weighted by molar-refractivity contribution is -0.124. The number of rotatable bonds is 8. The van der Waals surface area contributed by atoms with Crippen molar-refractivity contribution in [1.82, 2.24) is 9.55 Å². The molecule has 1 amide bonds. The zero-order valence-corrected chi connectivity index (χ0v) is 15.5. The van der Waals surface area contributed by atoms with Crippen LogP contribution in [-0.2, 0) is 11.3 Å². The van der Waals surface area contributed by atoms with E-state index in [1.165, 1.54) is 9.47 Å². The molecule has 2 rings (SSSR count). The molecule has 1 fully saturated rings. The van der Waals surface area contributed by atoms with Gasteiger partial charge in [-0.05, 0) is 31.6 Å². The van der Waals surface area contributed by atoms with Gasteiger partial charge < -0.3 is 10.6 Å². The van der Waals surface area contributed by atoms with Crippen LogP contribution in [0.15, 0.2) is 9.59 Å². The standard InChI is InChI=1S/C18H30N4O3/c1-4-5-10-22-15(19)14(16(23)20-18(22)25)21(11-9-12(2)3)17(24)13-7-6-8-13/h12-13H,4-11,19H2,1-3H3,(H,20,23,25). The normalized spacial score (nSPS) is 14.6. The van der Waals surface area contributed by atoms with Crippen molar-refractivity contribution in [2.24, 2.45) is 11.8 Å². The van der Waals surface area contributed by atoms with Gasteiger partial charge in [0.05, 0.1) is 0 Å². The molecule has 1 aliphatic rings. The highest BCUT2D eigenvalue weighted by molar-refractivity contribution is 5.97. The van der Waals surface area contributed by atoms with Crippen LogP contribution >= 0.6 is 0 Å². The molecule has 1 heterocycles. The fourth-order valence-corrected chi connectivity index (χ4v) is 2.97. The van der Waals surface area contributed by atoms with Crippen molar-refractivity contribution in [2.45, 2.75) is 65.8 Å². The third-order valence-corrected chi connectivity index (χ3v) is 4.87. The summed E-state index contributed by atoms with van der Waals surface area (Å²) in [6.45, 7) is 7.03. The summed E-state index contributed by atoms with van der Waals surface area (Å²) in [5, 5.41) is 0. The molecule has 0 radical (unpaired) electrons. The van der Waals surface area contributed by atoms with Gasteiger partial charge in [0.15, 0.2) is 5.69 Å². The first-order valence-corrected chi connectivity index (χ1v) is 9.30. The minimum absolute atomic E-state index is 0.0398. The zero-order valence-electron chi connectivity index (χ0n) is 15.5. The molecule has 0 unspecified atom stereocenters. The van der Waals surface area contributed by atoms with E-state index in [4.69, 9.17) is 5.73 Å². The molecule has 7 nitrogen and oxygen atoms in total. The van der Waals surface area contributed by atoms with Crippen molar-refractivity contribution in [3.05, 3.63) is 20.8 Å². The van der Waals surface area contributed by atoms with Gasteiger partial charge in [-0.3, -0.25) is 19.1 Å². The van der Waals surface area contributed by atoms with E-state index in [0.29, 0.717) is 19.0 Å². The third-order valence-electron chi connectivity index (χ3n) is 4.87. The van der Waals surface area contributed by atoms with Crippen LogP contribution in [0.25, 0.3) is 0 Å². The molecule has 0 aromatic carbocycles. The highest BCUT2D eigenvalue weighted by Gasteiger charge is 2.33. The first-order chi connectivity index (χ1) is 11.9. The van der Waals surface area contributed by atoms with Crippen LogP contribution in [0.5, 0.6) is 0 Å². The Kier molecular flexibility index (Phi) is 6.45. The van der Waals surface area contributed by atoms with E-state index in [9.17, 15) is 14.4 Å². The Hall–Kier alpha value is -2.05. The molecule has 3 N–H and O–H groups in total. The van der Waals surface area contributed by atoms with E-state index in [1.54, 1.807) is 0 Å². The van der Waals surface area contributed by atoms with Gasteiger partial charge in [-0.1, -0.05) is 33.6 Å². The molecule has 7 heteroatoms. The largest absolute Gasteiger partial charge is 0.383 e. The Morgan fingerprint density at radius 2 is 2.04 bits per heavy atom. The third kappa shape index (κ3) is 4.32. The van der Waals surface area contributed by atoms with Crippen LogP contribution in [0.4, 0.5) is 11.5 Å². The number of H-pyrrole nitrogens is 1. The van der Waals surface area contributed by atoms with Crippen LogP contribution in [0.1, 0.15) is 59.3 Å². The summed E-state index contributed by atoms with van der Waals surface area (Å²) in [6, 6.07) is 0. The monoisotopic (exact) mass is 350 g/mol. The molecule has 0 bridgehead atoms. The Bertz CT molecular complexity index is 716. The van der Waals surface area contributed by atoms with Crippen LogP contribution < -0.4 is 21.9 Å². The summed E-state index contributed by atoms with van der Waals surface area (Å²) in [6.07, 6.45) is 5.19. The number of aromatic amines is 1. The van der Waals surface area contributed by atoms with E-state index >= 15 is 0 Å². The number of nitrogens with two attached hydrogens (primary N) is 1. The Labute approximate surface area is 148 Å². The first kappa shape index (κ1) is 19.3. The van der Waals surface area contributed by atoms with Crippen molar-refractivity contribution in [2.75, 3.05) is 17.2 Å². The van der Waals surface area contributed by atoms with E-state index < -0.39 is 11.2 Å². The van der Waals surface area contributed by atoms with E-state index in [1.807, 2.05) is 6.92 Å². The molecule has 0 saturated heterocycles. The molecule has 25 heavy (non-hydrogen) atoms. The predicted octanol–water partition coefficient (Wildman–Crippen LogP) is 2.10. The fourth-order valence-electron chi connectivity index (χ4n) is 2.97. The number of hydrogen-bond acceptors (Lipinski definition) is 4. The van der Waals surface area contributed by atoms with Crippen molar-refractivity contribution >= 4 is 17.4 Å². The second kappa shape index (κ2) is 8.36.